The Kier molecular flexibility index (Phi) is 8.60. The Morgan fingerprint density at radius 2 is 1.86 bits per heavy atom. The highest BCUT2D eigenvalue weighted by Gasteiger charge is 2.36. The van der Waals surface area contributed by atoms with Gasteiger partial charge in [0.05, 0.1) is 45.6 Å². The quantitative estimate of drug-likeness (QED) is 0.308. The zero-order valence-electron chi connectivity index (χ0n) is 23.4. The number of benzene rings is 3. The molecular weight excluding hydrogens is 576 g/mol. The first-order valence-corrected chi connectivity index (χ1v) is 15.8. The summed E-state index contributed by atoms with van der Waals surface area (Å²) in [6.45, 7) is 3.56. The smallest absolute Gasteiger partial charge is 0.284 e. The van der Waals surface area contributed by atoms with Crippen LogP contribution < -0.4 is 10.1 Å². The standard InChI is InChI=1S/C30H32N4O6S2/c1-19-16-34(20(2)18-35)30(37)22-12-9-14-24(31-28(36)29-32-23-13-7-8-15-26(23)41-29)27(22)40-25(19)17-33(3)42(38,39)21-10-5-4-6-11-21/h4-15,19-20,25,35H,16-18H2,1-3H3,(H,31,36)/t19-,20+,25+/m0/s1. The molecule has 0 fully saturated rings. The molecular formula is C30H32N4O6S2. The molecule has 2 heterocycles. The number of hydrogen-bond donors (Lipinski definition) is 2. The van der Waals surface area contributed by atoms with E-state index in [9.17, 15) is 23.1 Å². The van der Waals surface area contributed by atoms with Crippen LogP contribution in [0, 0.1) is 5.92 Å². The number of rotatable bonds is 8. The minimum absolute atomic E-state index is 0.0203. The van der Waals surface area contributed by atoms with Gasteiger partial charge >= 0.3 is 0 Å². The Hall–Kier alpha value is -3.84. The van der Waals surface area contributed by atoms with Crippen molar-refractivity contribution in [2.75, 3.05) is 32.1 Å². The zero-order valence-corrected chi connectivity index (χ0v) is 25.1. The van der Waals surface area contributed by atoms with E-state index in [1.54, 1.807) is 48.2 Å². The van der Waals surface area contributed by atoms with Gasteiger partial charge in [0.2, 0.25) is 10.0 Å². The molecule has 1 aliphatic rings. The minimum atomic E-state index is -3.83. The second-order valence-electron chi connectivity index (χ2n) is 10.3. The fourth-order valence-electron chi connectivity index (χ4n) is 4.83. The van der Waals surface area contributed by atoms with Gasteiger partial charge in [-0.15, -0.1) is 11.3 Å². The van der Waals surface area contributed by atoms with Crippen molar-refractivity contribution in [1.82, 2.24) is 14.2 Å². The van der Waals surface area contributed by atoms with Crippen molar-refractivity contribution in [2.45, 2.75) is 30.9 Å². The molecule has 0 unspecified atom stereocenters. The third-order valence-electron chi connectivity index (χ3n) is 7.32. The van der Waals surface area contributed by atoms with E-state index in [4.69, 9.17) is 4.74 Å². The average molecular weight is 609 g/mol. The van der Waals surface area contributed by atoms with Crippen molar-refractivity contribution in [2.24, 2.45) is 5.92 Å². The molecule has 5 rings (SSSR count). The van der Waals surface area contributed by atoms with E-state index in [-0.39, 0.29) is 58.4 Å². The van der Waals surface area contributed by atoms with Crippen molar-refractivity contribution < 1.29 is 27.9 Å². The highest BCUT2D eigenvalue weighted by atomic mass is 32.2. The predicted octanol–water partition coefficient (Wildman–Crippen LogP) is 4.09. The van der Waals surface area contributed by atoms with Gasteiger partial charge in [-0.1, -0.05) is 43.3 Å². The largest absolute Gasteiger partial charge is 0.486 e. The van der Waals surface area contributed by atoms with Crippen molar-refractivity contribution in [1.29, 1.82) is 0 Å². The number of likely N-dealkylation sites (N-methyl/N-ethyl adjacent to an activating group) is 1. The normalized spacial score (nSPS) is 18.2. The highest BCUT2D eigenvalue weighted by molar-refractivity contribution is 7.89. The van der Waals surface area contributed by atoms with Gasteiger partial charge in [-0.2, -0.15) is 4.31 Å². The first-order valence-electron chi connectivity index (χ1n) is 13.5. The van der Waals surface area contributed by atoms with Crippen LogP contribution in [0.25, 0.3) is 10.2 Å². The summed E-state index contributed by atoms with van der Waals surface area (Å²) in [6, 6.07) is 19.9. The predicted molar refractivity (Wildman–Crippen MR) is 161 cm³/mol. The minimum Gasteiger partial charge on any atom is -0.486 e. The van der Waals surface area contributed by atoms with E-state index >= 15 is 0 Å². The summed E-state index contributed by atoms with van der Waals surface area (Å²) >= 11 is 1.25. The highest BCUT2D eigenvalue weighted by Crippen LogP contribution is 2.36. The molecule has 3 aromatic carbocycles. The molecule has 0 aliphatic carbocycles. The summed E-state index contributed by atoms with van der Waals surface area (Å²) in [5.41, 5.74) is 1.16. The monoisotopic (exact) mass is 608 g/mol. The van der Waals surface area contributed by atoms with Crippen LogP contribution in [-0.4, -0.2) is 78.4 Å². The third-order valence-corrected chi connectivity index (χ3v) is 10.2. The van der Waals surface area contributed by atoms with Crippen LogP contribution >= 0.6 is 11.3 Å². The number of carbonyl (C=O) groups excluding carboxylic acids is 2. The zero-order chi connectivity index (χ0) is 30.0. The summed E-state index contributed by atoms with van der Waals surface area (Å²) in [6.07, 6.45) is -0.700. The third kappa shape index (κ3) is 5.88. The van der Waals surface area contributed by atoms with Crippen molar-refractivity contribution in [3.05, 3.63) is 83.4 Å². The summed E-state index contributed by atoms with van der Waals surface area (Å²) in [5.74, 6) is -1.03. The fraction of sp³-hybridized carbons (Fsp3) is 0.300. The number of para-hydroxylation sites is 2. The lowest BCUT2D eigenvalue weighted by molar-refractivity contribution is 0.0388. The molecule has 1 aliphatic heterocycles. The molecule has 3 atom stereocenters. The van der Waals surface area contributed by atoms with Crippen LogP contribution in [0.3, 0.4) is 0 Å². The maximum atomic E-state index is 13.7. The van der Waals surface area contributed by atoms with Crippen LogP contribution in [0.1, 0.15) is 34.0 Å². The number of anilines is 1. The molecule has 0 saturated carbocycles. The first kappa shape index (κ1) is 29.6. The number of aromatic nitrogens is 1. The number of sulfonamides is 1. The van der Waals surface area contributed by atoms with Crippen molar-refractivity contribution in [3.63, 3.8) is 0 Å². The van der Waals surface area contributed by atoms with Gasteiger partial charge in [0.1, 0.15) is 6.10 Å². The Labute approximate surface area is 248 Å². The SMILES string of the molecule is C[C@H](CO)N1C[C@H](C)[C@@H](CN(C)S(=O)(=O)c2ccccc2)Oc2c(NC(=O)c3nc4ccccc4s3)cccc2C1=O. The van der Waals surface area contributed by atoms with Gasteiger partial charge in [0.25, 0.3) is 11.8 Å². The van der Waals surface area contributed by atoms with Crippen LogP contribution in [0.15, 0.2) is 77.7 Å². The van der Waals surface area contributed by atoms with E-state index < -0.39 is 28.1 Å². The van der Waals surface area contributed by atoms with Crippen LogP contribution in [0.4, 0.5) is 5.69 Å². The van der Waals surface area contributed by atoms with Crippen LogP contribution in [0.5, 0.6) is 5.75 Å². The van der Waals surface area contributed by atoms with E-state index in [1.165, 1.54) is 34.8 Å². The molecule has 0 bridgehead atoms. The molecule has 220 valence electrons. The first-order chi connectivity index (χ1) is 20.1. The van der Waals surface area contributed by atoms with Gasteiger partial charge < -0.3 is 20.1 Å². The fourth-order valence-corrected chi connectivity index (χ4v) is 6.89. The number of carbonyl (C=O) groups is 2. The van der Waals surface area contributed by atoms with Gasteiger partial charge in [0, 0.05) is 19.5 Å². The Bertz CT molecular complexity index is 1680. The van der Waals surface area contributed by atoms with Gasteiger partial charge in [0.15, 0.2) is 10.8 Å². The van der Waals surface area contributed by atoms with Crippen LogP contribution in [-0.2, 0) is 10.0 Å². The maximum absolute atomic E-state index is 13.7. The molecule has 0 radical (unpaired) electrons. The molecule has 4 aromatic rings. The molecule has 2 N–H and O–H groups in total. The molecule has 42 heavy (non-hydrogen) atoms. The molecule has 2 amide bonds. The van der Waals surface area contributed by atoms with E-state index in [0.29, 0.717) is 5.52 Å². The molecule has 12 heteroatoms. The van der Waals surface area contributed by atoms with E-state index in [0.717, 1.165) is 4.70 Å². The topological polar surface area (TPSA) is 129 Å². The number of nitrogens with one attached hydrogen (secondary N) is 1. The average Bonchev–Trinajstić information content (AvgIpc) is 3.44. The number of amides is 2. The maximum Gasteiger partial charge on any atom is 0.284 e. The summed E-state index contributed by atoms with van der Waals surface area (Å²) in [4.78, 5) is 33.2. The molecule has 10 nitrogen and oxygen atoms in total. The Balaban J connectivity index is 1.51. The number of ether oxygens (including phenoxy) is 1. The van der Waals surface area contributed by atoms with Crippen molar-refractivity contribution >= 4 is 49.1 Å². The Morgan fingerprint density at radius 1 is 1.14 bits per heavy atom. The number of hydrogen-bond acceptors (Lipinski definition) is 8. The summed E-state index contributed by atoms with van der Waals surface area (Å²) in [5, 5.41) is 13.0. The molecule has 1 aromatic heterocycles. The van der Waals surface area contributed by atoms with E-state index in [1.807, 2.05) is 31.2 Å². The van der Waals surface area contributed by atoms with E-state index in [2.05, 4.69) is 10.3 Å². The molecule has 0 spiro atoms. The van der Waals surface area contributed by atoms with Gasteiger partial charge in [-0.05, 0) is 43.3 Å². The summed E-state index contributed by atoms with van der Waals surface area (Å²) < 4.78 is 35.2. The lowest BCUT2D eigenvalue weighted by Gasteiger charge is -2.38. The van der Waals surface area contributed by atoms with Gasteiger partial charge in [-0.3, -0.25) is 9.59 Å². The van der Waals surface area contributed by atoms with Crippen LogP contribution in [0.2, 0.25) is 0 Å². The lowest BCUT2D eigenvalue weighted by atomic mass is 9.99. The molecule has 0 saturated heterocycles. The number of fused-ring (bicyclic) bond motifs is 2. The second kappa shape index (κ2) is 12.2. The van der Waals surface area contributed by atoms with Crippen molar-refractivity contribution in [3.8, 4) is 5.75 Å². The number of aliphatic hydroxyl groups is 1. The second-order valence-corrected chi connectivity index (χ2v) is 13.4. The lowest BCUT2D eigenvalue weighted by Crippen LogP contribution is -2.50. The Morgan fingerprint density at radius 3 is 2.57 bits per heavy atom. The summed E-state index contributed by atoms with van der Waals surface area (Å²) in [7, 11) is -2.34. The number of thiazole rings is 1. The van der Waals surface area contributed by atoms with Gasteiger partial charge in [-0.25, -0.2) is 13.4 Å². The number of nitrogens with zero attached hydrogens (tertiary/aromatic N) is 3. The number of aliphatic hydroxyl groups excluding tert-OH is 1.